The van der Waals surface area contributed by atoms with Gasteiger partial charge in [0, 0.05) is 130 Å². The fourth-order valence-corrected chi connectivity index (χ4v) is 7.15. The van der Waals surface area contributed by atoms with Gasteiger partial charge in [0.2, 0.25) is 0 Å². The normalized spacial score (nSPS) is 10.7. The van der Waals surface area contributed by atoms with Crippen LogP contribution < -0.4 is 21.3 Å². The molecular weight excluding hydrogens is 865 g/mol. The third-order valence-electron chi connectivity index (χ3n) is 8.25. The number of amides is 4. The van der Waals surface area contributed by atoms with Crippen LogP contribution in [-0.2, 0) is 20.2 Å². The maximum Gasteiger partial charge on any atom is 0.337 e. The molecule has 0 bridgehead atoms. The van der Waals surface area contributed by atoms with Crippen LogP contribution in [0.1, 0.15) is 41.4 Å². The number of rotatable bonds is 10. The smallest absolute Gasteiger partial charge is 0.337 e. The zero-order valence-electron chi connectivity index (χ0n) is 32.2. The van der Waals surface area contributed by atoms with E-state index < -0.39 is 70.9 Å². The maximum absolute atomic E-state index is 13.3. The van der Waals surface area contributed by atoms with Crippen LogP contribution in [-0.4, -0.2) is 184 Å². The molecule has 4 amide bonds. The Kier molecular flexibility index (Phi) is 19.2. The van der Waals surface area contributed by atoms with E-state index in [1.165, 1.54) is 24.3 Å². The van der Waals surface area contributed by atoms with E-state index >= 15 is 0 Å². The van der Waals surface area contributed by atoms with Crippen LogP contribution in [0, 0.1) is 0 Å². The minimum absolute atomic E-state index is 0. The Labute approximate surface area is 429 Å². The number of carbonyl (C=O) groups is 5. The summed E-state index contributed by atoms with van der Waals surface area (Å²) in [6.07, 6.45) is 0. The van der Waals surface area contributed by atoms with Gasteiger partial charge in [0.25, 0.3) is 32.1 Å². The summed E-state index contributed by atoms with van der Waals surface area (Å²) in [5.74, 6) is -5.01. The van der Waals surface area contributed by atoms with Crippen molar-refractivity contribution in [2.24, 2.45) is 0 Å². The second-order valence-electron chi connectivity index (χ2n) is 12.0. The van der Waals surface area contributed by atoms with E-state index in [0.29, 0.717) is 21.5 Å². The number of anilines is 4. The molecule has 0 aliphatic heterocycles. The summed E-state index contributed by atoms with van der Waals surface area (Å²) in [4.78, 5) is 61.4. The number of fused-ring (bicyclic) bond motifs is 2. The van der Waals surface area contributed by atoms with Gasteiger partial charge in [-0.1, -0.05) is 48.5 Å². The molecule has 0 aromatic heterocycles. The molecule has 60 heavy (non-hydrogen) atoms. The van der Waals surface area contributed by atoms with Gasteiger partial charge in [0.15, 0.2) is 0 Å². The SMILES string of the molecule is O=C(Nc1ccc(C(=O)Nc2cc3ccccc3cc2C(=O)O)c(S(=O)(=O)O)c1)Nc1ccc(C(=O)Nc2cc3ccccc3cc2C(=O)O)c(S(=O)(=O)O)c1.[Na].[Na].[Na].[Na]. The monoisotopic (exact) mass is 890 g/mol. The average Bonchev–Trinajstić information content (AvgIpc) is 3.13. The van der Waals surface area contributed by atoms with Gasteiger partial charge in [-0.3, -0.25) is 18.7 Å². The van der Waals surface area contributed by atoms with Gasteiger partial charge in [-0.05, 0) is 82.2 Å². The first-order valence-corrected chi connectivity index (χ1v) is 18.7. The molecule has 0 fully saturated rings. The Bertz CT molecular complexity index is 2720. The van der Waals surface area contributed by atoms with E-state index in [2.05, 4.69) is 21.3 Å². The minimum atomic E-state index is -5.14. The van der Waals surface area contributed by atoms with Crippen molar-refractivity contribution < 1.29 is 60.1 Å². The summed E-state index contributed by atoms with van der Waals surface area (Å²) in [6.45, 7) is 0. The van der Waals surface area contributed by atoms with E-state index in [4.69, 9.17) is 0 Å². The molecule has 6 rings (SSSR count). The molecule has 4 radical (unpaired) electrons. The van der Waals surface area contributed by atoms with Crippen molar-refractivity contribution in [3.63, 3.8) is 0 Å². The number of carboxylic acid groups (broad SMARTS) is 2. The van der Waals surface area contributed by atoms with Gasteiger partial charge in [-0.2, -0.15) is 16.8 Å². The fourth-order valence-electron chi connectivity index (χ4n) is 5.72. The molecule has 0 aliphatic rings. The molecular formula is C37H26N4Na4O13S2. The first-order valence-electron chi connectivity index (χ1n) is 15.8. The summed E-state index contributed by atoms with van der Waals surface area (Å²) >= 11 is 0. The van der Waals surface area contributed by atoms with Crippen molar-refractivity contribution in [2.75, 3.05) is 21.3 Å². The van der Waals surface area contributed by atoms with Crippen LogP contribution in [0.5, 0.6) is 0 Å². The molecule has 6 aromatic rings. The number of urea groups is 1. The van der Waals surface area contributed by atoms with E-state index in [1.54, 1.807) is 48.5 Å². The van der Waals surface area contributed by atoms with Crippen molar-refractivity contribution in [3.8, 4) is 0 Å². The second kappa shape index (κ2) is 21.7. The molecule has 17 nitrogen and oxygen atoms in total. The Balaban J connectivity index is 0.00000310. The zero-order chi connectivity index (χ0) is 40.5. The van der Waals surface area contributed by atoms with E-state index in [9.17, 15) is 60.1 Å². The Morgan fingerprint density at radius 2 is 0.733 bits per heavy atom. The molecule has 0 atom stereocenters. The summed E-state index contributed by atoms with van der Waals surface area (Å²) in [6, 6.07) is 23.1. The predicted octanol–water partition coefficient (Wildman–Crippen LogP) is 4.51. The van der Waals surface area contributed by atoms with Gasteiger partial charge in [0.1, 0.15) is 9.79 Å². The van der Waals surface area contributed by atoms with Gasteiger partial charge in [-0.25, -0.2) is 14.4 Å². The second-order valence-corrected chi connectivity index (χ2v) is 14.7. The van der Waals surface area contributed by atoms with Crippen molar-refractivity contribution in [1.82, 2.24) is 0 Å². The molecule has 8 N–H and O–H groups in total. The van der Waals surface area contributed by atoms with Crippen LogP contribution in [0.3, 0.4) is 0 Å². The van der Waals surface area contributed by atoms with Crippen molar-refractivity contribution in [3.05, 3.63) is 131 Å². The first kappa shape index (κ1) is 52.9. The molecule has 0 saturated carbocycles. The summed E-state index contributed by atoms with van der Waals surface area (Å²) in [5, 5.41) is 30.8. The van der Waals surface area contributed by atoms with Crippen LogP contribution in [0.15, 0.2) is 119 Å². The van der Waals surface area contributed by atoms with Gasteiger partial charge < -0.3 is 31.5 Å². The number of benzene rings is 6. The average molecular weight is 891 g/mol. The topological polar surface area (TPSA) is 283 Å². The van der Waals surface area contributed by atoms with Crippen LogP contribution in [0.2, 0.25) is 0 Å². The minimum Gasteiger partial charge on any atom is -0.478 e. The molecule has 0 saturated heterocycles. The van der Waals surface area contributed by atoms with E-state index in [1.807, 2.05) is 0 Å². The third kappa shape index (κ3) is 12.5. The third-order valence-corrected chi connectivity index (χ3v) is 10.0. The summed E-state index contributed by atoms with van der Waals surface area (Å²) in [7, 11) is -10.3. The Morgan fingerprint density at radius 1 is 0.417 bits per heavy atom. The number of hydrogen-bond acceptors (Lipinski definition) is 9. The largest absolute Gasteiger partial charge is 0.478 e. The number of carbonyl (C=O) groups excluding carboxylic acids is 3. The maximum atomic E-state index is 13.3. The summed E-state index contributed by atoms with van der Waals surface area (Å²) in [5.41, 5.74) is -2.76. The van der Waals surface area contributed by atoms with Crippen LogP contribution in [0.4, 0.5) is 27.5 Å². The van der Waals surface area contributed by atoms with Crippen molar-refractivity contribution in [1.29, 1.82) is 0 Å². The molecule has 0 aliphatic carbocycles. The number of carboxylic acids is 2. The van der Waals surface area contributed by atoms with Crippen LogP contribution >= 0.6 is 0 Å². The number of hydrogen-bond donors (Lipinski definition) is 8. The zero-order valence-corrected chi connectivity index (χ0v) is 41.8. The van der Waals surface area contributed by atoms with Crippen molar-refractivity contribution >= 4 is 213 Å². The standard InChI is InChI=1S/C37H26N4O13S2.4Na/c42-33(40-29-15-21-7-3-1-5-19(21)13-27(29)35(44)45)25-11-9-23(17-31(25)55(49,50)51)38-37(48)39-24-10-12-26(32(18-24)56(52,53)54)34(43)41-30-16-22-8-4-2-6-20(22)14-28(30)36(46)47;;;;/h1-18H,(H,40,42)(H,41,43)(H,44,45)(H,46,47)(H2,38,39,48)(H,49,50,51)(H,52,53,54);;;;. The van der Waals surface area contributed by atoms with Crippen LogP contribution in [0.25, 0.3) is 21.5 Å². The van der Waals surface area contributed by atoms with Gasteiger partial charge in [-0.15, -0.1) is 0 Å². The molecule has 288 valence electrons. The quantitative estimate of drug-likeness (QED) is 0.0695. The molecule has 0 heterocycles. The van der Waals surface area contributed by atoms with Gasteiger partial charge in [0.05, 0.1) is 33.6 Å². The van der Waals surface area contributed by atoms with Gasteiger partial charge >= 0.3 is 18.0 Å². The Morgan fingerprint density at radius 3 is 1.03 bits per heavy atom. The van der Waals surface area contributed by atoms with E-state index in [0.717, 1.165) is 36.4 Å². The molecule has 6 aromatic carbocycles. The molecule has 0 unspecified atom stereocenters. The number of nitrogens with one attached hydrogen (secondary N) is 4. The fraction of sp³-hybridized carbons (Fsp3) is 0. The van der Waals surface area contributed by atoms with Crippen molar-refractivity contribution in [2.45, 2.75) is 9.79 Å². The predicted molar refractivity (Wildman–Crippen MR) is 226 cm³/mol. The molecule has 23 heteroatoms. The Hall–Kier alpha value is -3.19. The summed E-state index contributed by atoms with van der Waals surface area (Å²) < 4.78 is 69.3. The van der Waals surface area contributed by atoms with E-state index in [-0.39, 0.29) is 152 Å². The first-order chi connectivity index (χ1) is 26.4. The number of aromatic carboxylic acids is 2. The molecule has 0 spiro atoms.